The summed E-state index contributed by atoms with van der Waals surface area (Å²) in [5, 5.41) is 14.6. The second-order valence-electron chi connectivity index (χ2n) is 4.98. The summed E-state index contributed by atoms with van der Waals surface area (Å²) in [7, 11) is 0. The molecule has 0 bridgehead atoms. The van der Waals surface area contributed by atoms with Crippen LogP contribution in [0.1, 0.15) is 13.8 Å². The Bertz CT molecular complexity index is 833. The molecule has 0 unspecified atom stereocenters. The minimum atomic E-state index is 0.538. The Hall–Kier alpha value is -2.60. The predicted octanol–water partition coefficient (Wildman–Crippen LogP) is 3.91. The minimum Gasteiger partial charge on any atom is -0.618 e. The quantitative estimate of drug-likeness (QED) is 0.503. The van der Waals surface area contributed by atoms with Crippen molar-refractivity contribution >= 4 is 11.3 Å². The Morgan fingerprint density at radius 3 is 2.62 bits per heavy atom. The van der Waals surface area contributed by atoms with Crippen molar-refractivity contribution < 1.29 is 14.2 Å². The first-order valence-corrected chi connectivity index (χ1v) is 8.65. The number of benzene rings is 1. The third-order valence-corrected chi connectivity index (χ3v) is 4.27. The average molecular weight is 342 g/mol. The van der Waals surface area contributed by atoms with Crippen LogP contribution in [0.4, 0.5) is 0 Å². The monoisotopic (exact) mass is 342 g/mol. The molecule has 3 aromatic rings. The fraction of sp³-hybridized carbons (Fsp3) is 0.222. The van der Waals surface area contributed by atoms with Crippen LogP contribution in [0, 0.1) is 5.21 Å². The Labute approximate surface area is 144 Å². The van der Waals surface area contributed by atoms with E-state index in [4.69, 9.17) is 9.47 Å². The van der Waals surface area contributed by atoms with Gasteiger partial charge in [0.25, 0.3) is 0 Å². The van der Waals surface area contributed by atoms with Gasteiger partial charge in [0, 0.05) is 23.1 Å². The highest BCUT2D eigenvalue weighted by molar-refractivity contribution is 7.13. The Morgan fingerprint density at radius 1 is 1.08 bits per heavy atom. The first kappa shape index (κ1) is 16.3. The maximum atomic E-state index is 11.9. The lowest BCUT2D eigenvalue weighted by Crippen LogP contribution is -2.27. The Kier molecular flexibility index (Phi) is 4.96. The molecule has 2 aromatic heterocycles. The lowest BCUT2D eigenvalue weighted by Gasteiger charge is -2.11. The van der Waals surface area contributed by atoms with E-state index in [1.165, 1.54) is 17.5 Å². The molecule has 0 amide bonds. The summed E-state index contributed by atoms with van der Waals surface area (Å²) in [5.41, 5.74) is 2.14. The molecule has 0 aliphatic rings. The van der Waals surface area contributed by atoms with Crippen molar-refractivity contribution in [2.75, 3.05) is 13.2 Å². The SMILES string of the molecule is CCOc1ccc(-c2nc(-c3cccc[n+]3[O-])cs2)cc1OCC. The fourth-order valence-electron chi connectivity index (χ4n) is 2.33. The summed E-state index contributed by atoms with van der Waals surface area (Å²) in [5.74, 6) is 1.42. The van der Waals surface area contributed by atoms with Crippen molar-refractivity contribution in [1.82, 2.24) is 4.98 Å². The normalized spacial score (nSPS) is 10.6. The molecular formula is C18H18N2O3S. The summed E-state index contributed by atoms with van der Waals surface area (Å²) in [6.07, 6.45) is 1.47. The van der Waals surface area contributed by atoms with Crippen molar-refractivity contribution in [2.24, 2.45) is 0 Å². The molecule has 5 nitrogen and oxygen atoms in total. The van der Waals surface area contributed by atoms with E-state index in [0.29, 0.717) is 30.4 Å². The summed E-state index contributed by atoms with van der Waals surface area (Å²) >= 11 is 1.49. The molecule has 124 valence electrons. The number of hydrogen-bond donors (Lipinski definition) is 0. The molecular weight excluding hydrogens is 324 g/mol. The molecule has 0 saturated heterocycles. The second-order valence-corrected chi connectivity index (χ2v) is 5.84. The average Bonchev–Trinajstić information content (AvgIpc) is 3.07. The van der Waals surface area contributed by atoms with E-state index in [0.717, 1.165) is 21.1 Å². The molecule has 0 radical (unpaired) electrons. The highest BCUT2D eigenvalue weighted by Crippen LogP contribution is 2.35. The molecule has 0 spiro atoms. The largest absolute Gasteiger partial charge is 0.618 e. The summed E-state index contributed by atoms with van der Waals surface area (Å²) in [6, 6.07) is 11.0. The molecule has 3 rings (SSSR count). The number of nitrogens with zero attached hydrogens (tertiary/aromatic N) is 2. The molecule has 24 heavy (non-hydrogen) atoms. The predicted molar refractivity (Wildman–Crippen MR) is 94.3 cm³/mol. The zero-order valence-electron chi connectivity index (χ0n) is 13.6. The summed E-state index contributed by atoms with van der Waals surface area (Å²) < 4.78 is 12.1. The van der Waals surface area contributed by atoms with Crippen molar-refractivity contribution in [3.05, 3.63) is 53.2 Å². The van der Waals surface area contributed by atoms with E-state index in [2.05, 4.69) is 4.98 Å². The third kappa shape index (κ3) is 3.33. The third-order valence-electron chi connectivity index (χ3n) is 3.38. The zero-order chi connectivity index (χ0) is 16.9. The van der Waals surface area contributed by atoms with E-state index in [1.54, 1.807) is 12.1 Å². The van der Waals surface area contributed by atoms with Crippen LogP contribution >= 0.6 is 11.3 Å². The molecule has 0 aliphatic carbocycles. The van der Waals surface area contributed by atoms with Gasteiger partial charge in [-0.05, 0) is 38.1 Å². The van der Waals surface area contributed by atoms with Crippen molar-refractivity contribution in [1.29, 1.82) is 0 Å². The van der Waals surface area contributed by atoms with E-state index in [-0.39, 0.29) is 0 Å². The zero-order valence-corrected chi connectivity index (χ0v) is 14.4. The maximum Gasteiger partial charge on any atom is 0.243 e. The Balaban J connectivity index is 1.95. The van der Waals surface area contributed by atoms with Crippen LogP contribution in [0.15, 0.2) is 48.0 Å². The molecule has 0 aliphatic heterocycles. The van der Waals surface area contributed by atoms with Crippen LogP contribution in [0.2, 0.25) is 0 Å². The summed E-state index contributed by atoms with van der Waals surface area (Å²) in [6.45, 7) is 5.02. The molecule has 2 heterocycles. The van der Waals surface area contributed by atoms with Crippen molar-refractivity contribution in [2.45, 2.75) is 13.8 Å². The molecule has 0 fully saturated rings. The first-order valence-electron chi connectivity index (χ1n) is 7.77. The van der Waals surface area contributed by atoms with Gasteiger partial charge in [-0.15, -0.1) is 11.3 Å². The standard InChI is InChI=1S/C18H18N2O3S/c1-3-22-16-9-8-13(11-17(16)23-4-2)18-19-14(12-24-18)15-7-5-6-10-20(15)21/h5-12H,3-4H2,1-2H3. The first-order chi connectivity index (χ1) is 11.7. The van der Waals surface area contributed by atoms with Gasteiger partial charge in [0.15, 0.2) is 17.7 Å². The lowest BCUT2D eigenvalue weighted by molar-refractivity contribution is -0.593. The topological polar surface area (TPSA) is 58.3 Å². The smallest absolute Gasteiger partial charge is 0.243 e. The number of ether oxygens (including phenoxy) is 2. The number of hydrogen-bond acceptors (Lipinski definition) is 5. The van der Waals surface area contributed by atoms with E-state index < -0.39 is 0 Å². The molecule has 1 aromatic carbocycles. The lowest BCUT2D eigenvalue weighted by atomic mass is 10.2. The molecule has 0 N–H and O–H groups in total. The molecule has 6 heteroatoms. The number of aromatic nitrogens is 2. The van der Waals surface area contributed by atoms with Crippen LogP contribution in [0.5, 0.6) is 11.5 Å². The van der Waals surface area contributed by atoms with Gasteiger partial charge in [0.05, 0.1) is 13.2 Å². The van der Waals surface area contributed by atoms with Gasteiger partial charge in [0.1, 0.15) is 10.7 Å². The van der Waals surface area contributed by atoms with Gasteiger partial charge >= 0.3 is 0 Å². The van der Waals surface area contributed by atoms with Gasteiger partial charge < -0.3 is 14.7 Å². The van der Waals surface area contributed by atoms with Crippen LogP contribution in [-0.4, -0.2) is 18.2 Å². The number of rotatable bonds is 6. The van der Waals surface area contributed by atoms with E-state index >= 15 is 0 Å². The minimum absolute atomic E-state index is 0.538. The van der Waals surface area contributed by atoms with E-state index in [1.807, 2.05) is 43.5 Å². The van der Waals surface area contributed by atoms with Crippen LogP contribution in [0.25, 0.3) is 22.0 Å². The van der Waals surface area contributed by atoms with Crippen LogP contribution < -0.4 is 14.2 Å². The van der Waals surface area contributed by atoms with Gasteiger partial charge in [-0.25, -0.2) is 4.98 Å². The second kappa shape index (κ2) is 7.31. The molecule has 0 saturated carbocycles. The highest BCUT2D eigenvalue weighted by atomic mass is 32.1. The maximum absolute atomic E-state index is 11.9. The fourth-order valence-corrected chi connectivity index (χ4v) is 3.15. The van der Waals surface area contributed by atoms with Gasteiger partial charge in [-0.3, -0.25) is 0 Å². The van der Waals surface area contributed by atoms with Gasteiger partial charge in [-0.2, -0.15) is 4.73 Å². The van der Waals surface area contributed by atoms with Crippen LogP contribution in [0.3, 0.4) is 0 Å². The van der Waals surface area contributed by atoms with Crippen molar-refractivity contribution in [3.8, 4) is 33.5 Å². The van der Waals surface area contributed by atoms with Gasteiger partial charge in [0.2, 0.25) is 5.69 Å². The summed E-state index contributed by atoms with van der Waals surface area (Å²) in [4.78, 5) is 4.59. The number of thiazole rings is 1. The van der Waals surface area contributed by atoms with E-state index in [9.17, 15) is 5.21 Å². The number of pyridine rings is 1. The van der Waals surface area contributed by atoms with Crippen molar-refractivity contribution in [3.63, 3.8) is 0 Å². The van der Waals surface area contributed by atoms with Crippen LogP contribution in [-0.2, 0) is 0 Å². The highest BCUT2D eigenvalue weighted by Gasteiger charge is 2.14. The van der Waals surface area contributed by atoms with Gasteiger partial charge in [-0.1, -0.05) is 0 Å². The molecule has 0 atom stereocenters. The Morgan fingerprint density at radius 2 is 1.88 bits per heavy atom.